The molecule has 110 valence electrons. The van der Waals surface area contributed by atoms with Crippen LogP contribution < -0.4 is 5.32 Å². The van der Waals surface area contributed by atoms with Gasteiger partial charge in [-0.05, 0) is 37.6 Å². The third-order valence-corrected chi connectivity index (χ3v) is 3.76. The van der Waals surface area contributed by atoms with Crippen LogP contribution in [0.25, 0.3) is 0 Å². The summed E-state index contributed by atoms with van der Waals surface area (Å²) in [6, 6.07) is 6.42. The van der Waals surface area contributed by atoms with Crippen molar-refractivity contribution in [2.45, 2.75) is 18.9 Å². The highest BCUT2D eigenvalue weighted by atomic mass is 19.1. The Morgan fingerprint density at radius 2 is 2.35 bits per heavy atom. The van der Waals surface area contributed by atoms with Gasteiger partial charge in [-0.3, -0.25) is 4.79 Å². The fourth-order valence-electron chi connectivity index (χ4n) is 2.68. The number of aliphatic hydroxyl groups is 1. The first-order chi connectivity index (χ1) is 9.60. The molecule has 4 nitrogen and oxygen atoms in total. The van der Waals surface area contributed by atoms with Crippen molar-refractivity contribution >= 4 is 5.91 Å². The minimum Gasteiger partial charge on any atom is -0.393 e. The number of aliphatic hydroxyl groups excluding tert-OH is 1. The normalized spacial score (nSPS) is 22.9. The van der Waals surface area contributed by atoms with Crippen molar-refractivity contribution in [3.05, 3.63) is 35.6 Å². The summed E-state index contributed by atoms with van der Waals surface area (Å²) in [5, 5.41) is 12.9. The van der Waals surface area contributed by atoms with Crippen LogP contribution in [0.5, 0.6) is 0 Å². The molecule has 0 aliphatic carbocycles. The van der Waals surface area contributed by atoms with E-state index < -0.39 is 6.10 Å². The molecule has 5 heteroatoms. The van der Waals surface area contributed by atoms with Crippen LogP contribution in [0.2, 0.25) is 0 Å². The van der Waals surface area contributed by atoms with Crippen LogP contribution in [0.1, 0.15) is 12.0 Å². The highest BCUT2D eigenvalue weighted by molar-refractivity contribution is 5.78. The van der Waals surface area contributed by atoms with Crippen molar-refractivity contribution in [2.24, 2.45) is 5.92 Å². The van der Waals surface area contributed by atoms with Crippen LogP contribution in [0.15, 0.2) is 24.3 Å². The molecule has 2 rings (SSSR count). The fraction of sp³-hybridized carbons (Fsp3) is 0.533. The van der Waals surface area contributed by atoms with E-state index in [1.807, 2.05) is 6.07 Å². The number of nitrogens with one attached hydrogen (secondary N) is 1. The monoisotopic (exact) mass is 280 g/mol. The molecule has 1 aromatic rings. The summed E-state index contributed by atoms with van der Waals surface area (Å²) >= 11 is 0. The van der Waals surface area contributed by atoms with E-state index in [0.717, 1.165) is 5.56 Å². The maximum atomic E-state index is 13.2. The molecule has 2 atom stereocenters. The zero-order valence-electron chi connectivity index (χ0n) is 11.7. The van der Waals surface area contributed by atoms with E-state index in [0.29, 0.717) is 32.5 Å². The van der Waals surface area contributed by atoms with Crippen molar-refractivity contribution in [1.82, 2.24) is 10.2 Å². The molecular weight excluding hydrogens is 259 g/mol. The smallest absolute Gasteiger partial charge is 0.236 e. The summed E-state index contributed by atoms with van der Waals surface area (Å²) in [5.74, 6) is -0.258. The number of benzene rings is 1. The topological polar surface area (TPSA) is 52.6 Å². The Hall–Kier alpha value is -1.46. The van der Waals surface area contributed by atoms with Crippen LogP contribution in [-0.2, 0) is 11.2 Å². The highest BCUT2D eigenvalue weighted by Crippen LogP contribution is 2.22. The molecule has 0 aromatic heterocycles. The van der Waals surface area contributed by atoms with Crippen LogP contribution in [0.3, 0.4) is 0 Å². The van der Waals surface area contributed by atoms with Gasteiger partial charge in [0.15, 0.2) is 0 Å². The number of carbonyl (C=O) groups excluding carboxylic acids is 1. The van der Waals surface area contributed by atoms with Crippen molar-refractivity contribution in [3.8, 4) is 0 Å². The molecule has 0 unspecified atom stereocenters. The van der Waals surface area contributed by atoms with Gasteiger partial charge in [-0.25, -0.2) is 4.39 Å². The first-order valence-corrected chi connectivity index (χ1v) is 6.95. The average molecular weight is 280 g/mol. The Morgan fingerprint density at radius 1 is 1.55 bits per heavy atom. The SMILES string of the molecule is CNCC(=O)N1CC[C@@H](O)[C@H](Cc2cccc(F)c2)C1. The zero-order chi connectivity index (χ0) is 14.5. The number of rotatable bonds is 4. The number of piperidine rings is 1. The standard InChI is InChI=1S/C15H21FN2O2/c1-17-9-15(20)18-6-5-14(19)12(10-18)7-11-3-2-4-13(16)8-11/h2-4,8,12,14,17,19H,5-7,9-10H2,1H3/t12-,14-/m1/s1. The van der Waals surface area contributed by atoms with Gasteiger partial charge in [0.2, 0.25) is 5.91 Å². The van der Waals surface area contributed by atoms with Gasteiger partial charge < -0.3 is 15.3 Å². The van der Waals surface area contributed by atoms with Crippen molar-refractivity contribution in [1.29, 1.82) is 0 Å². The molecule has 20 heavy (non-hydrogen) atoms. The molecule has 0 spiro atoms. The van der Waals surface area contributed by atoms with E-state index in [2.05, 4.69) is 5.32 Å². The van der Waals surface area contributed by atoms with Gasteiger partial charge in [0.25, 0.3) is 0 Å². The molecule has 0 saturated carbocycles. The maximum Gasteiger partial charge on any atom is 0.236 e. The molecule has 1 fully saturated rings. The van der Waals surface area contributed by atoms with Gasteiger partial charge in [0, 0.05) is 19.0 Å². The predicted octanol–water partition coefficient (Wildman–Crippen LogP) is 0.797. The number of nitrogens with zero attached hydrogens (tertiary/aromatic N) is 1. The van der Waals surface area contributed by atoms with E-state index >= 15 is 0 Å². The second kappa shape index (κ2) is 6.81. The van der Waals surface area contributed by atoms with E-state index in [1.165, 1.54) is 12.1 Å². The van der Waals surface area contributed by atoms with Crippen molar-refractivity contribution in [2.75, 3.05) is 26.7 Å². The Balaban J connectivity index is 2.00. The van der Waals surface area contributed by atoms with Gasteiger partial charge in [-0.15, -0.1) is 0 Å². The first-order valence-electron chi connectivity index (χ1n) is 6.95. The lowest BCUT2D eigenvalue weighted by Crippen LogP contribution is -2.48. The largest absolute Gasteiger partial charge is 0.393 e. The summed E-state index contributed by atoms with van der Waals surface area (Å²) in [4.78, 5) is 13.6. The van der Waals surface area contributed by atoms with Crippen molar-refractivity contribution in [3.63, 3.8) is 0 Å². The van der Waals surface area contributed by atoms with Crippen LogP contribution in [0.4, 0.5) is 4.39 Å². The highest BCUT2D eigenvalue weighted by Gasteiger charge is 2.29. The van der Waals surface area contributed by atoms with Gasteiger partial charge in [-0.1, -0.05) is 12.1 Å². The van der Waals surface area contributed by atoms with E-state index in [1.54, 1.807) is 18.0 Å². The Kier molecular flexibility index (Phi) is 5.09. The average Bonchev–Trinajstić information content (AvgIpc) is 2.41. The van der Waals surface area contributed by atoms with Crippen molar-refractivity contribution < 1.29 is 14.3 Å². The predicted molar refractivity (Wildman–Crippen MR) is 74.7 cm³/mol. The Labute approximate surface area is 118 Å². The second-order valence-corrected chi connectivity index (χ2v) is 5.32. The summed E-state index contributed by atoms with van der Waals surface area (Å²) in [6.07, 6.45) is 0.731. The number of likely N-dealkylation sites (N-methyl/N-ethyl adjacent to an activating group) is 1. The maximum absolute atomic E-state index is 13.2. The van der Waals surface area contributed by atoms with Gasteiger partial charge >= 0.3 is 0 Å². The van der Waals surface area contributed by atoms with Gasteiger partial charge in [-0.2, -0.15) is 0 Å². The fourth-order valence-corrected chi connectivity index (χ4v) is 2.68. The summed E-state index contributed by atoms with van der Waals surface area (Å²) in [6.45, 7) is 1.42. The minimum atomic E-state index is -0.433. The number of hydrogen-bond acceptors (Lipinski definition) is 3. The molecular formula is C15H21FN2O2. The van der Waals surface area contributed by atoms with E-state index in [4.69, 9.17) is 0 Å². The zero-order valence-corrected chi connectivity index (χ0v) is 11.7. The number of carbonyl (C=O) groups is 1. The lowest BCUT2D eigenvalue weighted by atomic mass is 9.88. The second-order valence-electron chi connectivity index (χ2n) is 5.32. The number of likely N-dealkylation sites (tertiary alicyclic amines) is 1. The first kappa shape index (κ1) is 14.9. The molecule has 1 amide bonds. The van der Waals surface area contributed by atoms with Gasteiger partial charge in [0.05, 0.1) is 12.6 Å². The molecule has 1 heterocycles. The van der Waals surface area contributed by atoms with E-state index in [-0.39, 0.29) is 17.6 Å². The van der Waals surface area contributed by atoms with Gasteiger partial charge in [0.1, 0.15) is 5.82 Å². The molecule has 1 aliphatic heterocycles. The quantitative estimate of drug-likeness (QED) is 0.857. The number of hydrogen-bond donors (Lipinski definition) is 2. The molecule has 2 N–H and O–H groups in total. The number of amides is 1. The molecule has 0 bridgehead atoms. The third-order valence-electron chi connectivity index (χ3n) is 3.76. The van der Waals surface area contributed by atoms with Crippen LogP contribution >= 0.6 is 0 Å². The van der Waals surface area contributed by atoms with Crippen LogP contribution in [-0.4, -0.2) is 48.7 Å². The Morgan fingerprint density at radius 3 is 3.05 bits per heavy atom. The Bertz CT molecular complexity index is 467. The molecule has 1 aromatic carbocycles. The third kappa shape index (κ3) is 3.77. The minimum absolute atomic E-state index is 0.0358. The van der Waals surface area contributed by atoms with E-state index in [9.17, 15) is 14.3 Å². The molecule has 1 aliphatic rings. The lowest BCUT2D eigenvalue weighted by Gasteiger charge is -2.36. The lowest BCUT2D eigenvalue weighted by molar-refractivity contribution is -0.133. The summed E-state index contributed by atoms with van der Waals surface area (Å²) < 4.78 is 13.2. The summed E-state index contributed by atoms with van der Waals surface area (Å²) in [7, 11) is 1.74. The molecule has 1 saturated heterocycles. The summed E-state index contributed by atoms with van der Waals surface area (Å²) in [5.41, 5.74) is 0.858. The molecule has 0 radical (unpaired) electrons. The van der Waals surface area contributed by atoms with Crippen LogP contribution in [0, 0.1) is 11.7 Å². The number of halogens is 1.